The first kappa shape index (κ1) is 17.1. The van der Waals surface area contributed by atoms with Crippen molar-refractivity contribution in [2.75, 3.05) is 26.4 Å². The van der Waals surface area contributed by atoms with Crippen molar-refractivity contribution >= 4 is 17.2 Å². The normalized spacial score (nSPS) is 10.8. The smallest absolute Gasteiger partial charge is 0.261 e. The molecule has 0 unspecified atom stereocenters. The van der Waals surface area contributed by atoms with E-state index in [0.717, 1.165) is 30.6 Å². The Labute approximate surface area is 125 Å². The highest BCUT2D eigenvalue weighted by Gasteiger charge is 2.12. The van der Waals surface area contributed by atoms with Gasteiger partial charge in [-0.05, 0) is 30.9 Å². The first-order valence-corrected chi connectivity index (χ1v) is 8.12. The standard InChI is InChI=1S/C15H25NO3S/c1-3-6-13-12(4-2)11-14(20-13)15(18)16-7-5-9-19-10-8-17/h11,17H,3-10H2,1-2H3,(H,16,18). The first-order valence-electron chi connectivity index (χ1n) is 7.31. The quantitative estimate of drug-likeness (QED) is 0.652. The molecule has 0 aliphatic heterocycles. The van der Waals surface area contributed by atoms with Crippen molar-refractivity contribution in [1.82, 2.24) is 5.32 Å². The first-order chi connectivity index (χ1) is 9.72. The fourth-order valence-electron chi connectivity index (χ4n) is 1.95. The van der Waals surface area contributed by atoms with Gasteiger partial charge in [0.2, 0.25) is 0 Å². The molecule has 1 heterocycles. The van der Waals surface area contributed by atoms with Crippen LogP contribution < -0.4 is 5.32 Å². The van der Waals surface area contributed by atoms with E-state index in [9.17, 15) is 4.79 Å². The summed E-state index contributed by atoms with van der Waals surface area (Å²) in [5, 5.41) is 11.5. The summed E-state index contributed by atoms with van der Waals surface area (Å²) in [5.74, 6) is 0.00853. The van der Waals surface area contributed by atoms with Gasteiger partial charge in [-0.2, -0.15) is 0 Å². The van der Waals surface area contributed by atoms with E-state index in [-0.39, 0.29) is 12.5 Å². The maximum atomic E-state index is 12.0. The van der Waals surface area contributed by atoms with Crippen molar-refractivity contribution in [3.8, 4) is 0 Å². The lowest BCUT2D eigenvalue weighted by molar-refractivity contribution is 0.0869. The van der Waals surface area contributed by atoms with E-state index in [1.165, 1.54) is 10.4 Å². The number of rotatable bonds is 10. The summed E-state index contributed by atoms with van der Waals surface area (Å²) in [4.78, 5) is 14.2. The number of aliphatic hydroxyl groups is 1. The van der Waals surface area contributed by atoms with Crippen LogP contribution in [0.1, 0.15) is 46.8 Å². The number of hydrogen-bond acceptors (Lipinski definition) is 4. The molecule has 2 N–H and O–H groups in total. The molecule has 0 radical (unpaired) electrons. The van der Waals surface area contributed by atoms with Gasteiger partial charge in [-0.3, -0.25) is 4.79 Å². The number of aliphatic hydroxyl groups excluding tert-OH is 1. The van der Waals surface area contributed by atoms with Gasteiger partial charge in [0.15, 0.2) is 0 Å². The van der Waals surface area contributed by atoms with Gasteiger partial charge < -0.3 is 15.2 Å². The van der Waals surface area contributed by atoms with E-state index < -0.39 is 0 Å². The Morgan fingerprint density at radius 2 is 2.20 bits per heavy atom. The largest absolute Gasteiger partial charge is 0.394 e. The number of nitrogens with one attached hydrogen (secondary N) is 1. The number of hydrogen-bond donors (Lipinski definition) is 2. The molecular weight excluding hydrogens is 274 g/mol. The molecule has 0 saturated carbocycles. The van der Waals surface area contributed by atoms with Crippen LogP contribution in [0.3, 0.4) is 0 Å². The van der Waals surface area contributed by atoms with Gasteiger partial charge in [0.05, 0.1) is 18.1 Å². The van der Waals surface area contributed by atoms with Gasteiger partial charge in [0.25, 0.3) is 5.91 Å². The Morgan fingerprint density at radius 1 is 1.40 bits per heavy atom. The van der Waals surface area contributed by atoms with Gasteiger partial charge >= 0.3 is 0 Å². The molecule has 0 aromatic carbocycles. The van der Waals surface area contributed by atoms with Gasteiger partial charge in [-0.25, -0.2) is 0 Å². The third kappa shape index (κ3) is 5.61. The Morgan fingerprint density at radius 3 is 2.85 bits per heavy atom. The zero-order valence-electron chi connectivity index (χ0n) is 12.4. The maximum absolute atomic E-state index is 12.0. The number of carbonyl (C=O) groups excluding carboxylic acids is 1. The monoisotopic (exact) mass is 299 g/mol. The average molecular weight is 299 g/mol. The fourth-order valence-corrected chi connectivity index (χ4v) is 3.22. The lowest BCUT2D eigenvalue weighted by Crippen LogP contribution is -2.24. The molecule has 1 rings (SSSR count). The molecule has 0 saturated heterocycles. The summed E-state index contributed by atoms with van der Waals surface area (Å²) in [6.07, 6.45) is 3.90. The minimum absolute atomic E-state index is 0.00853. The lowest BCUT2D eigenvalue weighted by Gasteiger charge is -2.04. The van der Waals surface area contributed by atoms with Crippen molar-refractivity contribution < 1.29 is 14.6 Å². The Kier molecular flexibility index (Phi) is 8.49. The van der Waals surface area contributed by atoms with Crippen LogP contribution in [0.25, 0.3) is 0 Å². The summed E-state index contributed by atoms with van der Waals surface area (Å²) >= 11 is 1.61. The summed E-state index contributed by atoms with van der Waals surface area (Å²) < 4.78 is 5.14. The molecule has 114 valence electrons. The van der Waals surface area contributed by atoms with Gasteiger partial charge in [-0.1, -0.05) is 20.3 Å². The molecule has 1 aromatic heterocycles. The number of amides is 1. The summed E-state index contributed by atoms with van der Waals surface area (Å²) in [5.41, 5.74) is 1.30. The molecule has 0 bridgehead atoms. The molecule has 1 amide bonds. The summed E-state index contributed by atoms with van der Waals surface area (Å²) in [7, 11) is 0. The zero-order valence-corrected chi connectivity index (χ0v) is 13.2. The molecule has 0 fully saturated rings. The van der Waals surface area contributed by atoms with Crippen LogP contribution in [0, 0.1) is 0 Å². The topological polar surface area (TPSA) is 58.6 Å². The molecule has 0 aliphatic rings. The Balaban J connectivity index is 2.39. The molecule has 5 heteroatoms. The van der Waals surface area contributed by atoms with Gasteiger partial charge in [-0.15, -0.1) is 11.3 Å². The van der Waals surface area contributed by atoms with Crippen molar-refractivity contribution in [3.63, 3.8) is 0 Å². The second kappa shape index (κ2) is 9.91. The predicted molar refractivity (Wildman–Crippen MR) is 82.5 cm³/mol. The number of ether oxygens (including phenoxy) is 1. The van der Waals surface area contributed by atoms with Crippen molar-refractivity contribution in [2.24, 2.45) is 0 Å². The second-order valence-corrected chi connectivity index (χ2v) is 5.74. The van der Waals surface area contributed by atoms with Crippen molar-refractivity contribution in [3.05, 3.63) is 21.4 Å². The number of aryl methyl sites for hydroxylation is 2. The van der Waals surface area contributed by atoms with Crippen LogP contribution >= 0.6 is 11.3 Å². The highest BCUT2D eigenvalue weighted by Crippen LogP contribution is 2.24. The Hall–Kier alpha value is -0.910. The molecule has 4 nitrogen and oxygen atoms in total. The molecule has 0 atom stereocenters. The van der Waals surface area contributed by atoms with E-state index in [1.807, 2.05) is 6.07 Å². The lowest BCUT2D eigenvalue weighted by atomic mass is 10.1. The third-order valence-corrected chi connectivity index (χ3v) is 4.20. The summed E-state index contributed by atoms with van der Waals surface area (Å²) in [6, 6.07) is 2.02. The van der Waals surface area contributed by atoms with Crippen LogP contribution in [0.15, 0.2) is 6.07 Å². The van der Waals surface area contributed by atoms with Crippen LogP contribution in [0.4, 0.5) is 0 Å². The van der Waals surface area contributed by atoms with Gasteiger partial charge in [0, 0.05) is 18.0 Å². The fraction of sp³-hybridized carbons (Fsp3) is 0.667. The van der Waals surface area contributed by atoms with E-state index in [2.05, 4.69) is 19.2 Å². The van der Waals surface area contributed by atoms with Crippen LogP contribution in [-0.2, 0) is 17.6 Å². The van der Waals surface area contributed by atoms with Crippen molar-refractivity contribution in [2.45, 2.75) is 39.5 Å². The zero-order chi connectivity index (χ0) is 14.8. The molecule has 20 heavy (non-hydrogen) atoms. The Bertz CT molecular complexity index is 404. The second-order valence-electron chi connectivity index (χ2n) is 4.61. The third-order valence-electron chi connectivity index (χ3n) is 2.97. The van der Waals surface area contributed by atoms with Crippen LogP contribution in [0.2, 0.25) is 0 Å². The minimum Gasteiger partial charge on any atom is -0.394 e. The van der Waals surface area contributed by atoms with E-state index in [0.29, 0.717) is 19.8 Å². The van der Waals surface area contributed by atoms with E-state index in [1.54, 1.807) is 11.3 Å². The highest BCUT2D eigenvalue weighted by atomic mass is 32.1. The predicted octanol–water partition coefficient (Wildman–Crippen LogP) is 2.39. The highest BCUT2D eigenvalue weighted by molar-refractivity contribution is 7.14. The SMILES string of the molecule is CCCc1sc(C(=O)NCCCOCCO)cc1CC. The molecule has 0 aliphatic carbocycles. The molecule has 1 aromatic rings. The summed E-state index contributed by atoms with van der Waals surface area (Å²) in [6.45, 7) is 5.85. The van der Waals surface area contributed by atoms with E-state index >= 15 is 0 Å². The molecular formula is C15H25NO3S. The number of thiophene rings is 1. The molecule has 0 spiro atoms. The number of carbonyl (C=O) groups is 1. The minimum atomic E-state index is 0.00853. The van der Waals surface area contributed by atoms with Gasteiger partial charge in [0.1, 0.15) is 0 Å². The van der Waals surface area contributed by atoms with Crippen LogP contribution in [0.5, 0.6) is 0 Å². The van der Waals surface area contributed by atoms with Crippen LogP contribution in [-0.4, -0.2) is 37.4 Å². The van der Waals surface area contributed by atoms with E-state index in [4.69, 9.17) is 9.84 Å². The average Bonchev–Trinajstić information content (AvgIpc) is 2.86. The van der Waals surface area contributed by atoms with Crippen molar-refractivity contribution in [1.29, 1.82) is 0 Å². The maximum Gasteiger partial charge on any atom is 0.261 e.